The van der Waals surface area contributed by atoms with Crippen LogP contribution in [0, 0.1) is 6.92 Å². The third kappa shape index (κ3) is 3.69. The van der Waals surface area contributed by atoms with E-state index >= 15 is 0 Å². The van der Waals surface area contributed by atoms with Gasteiger partial charge in [-0.2, -0.15) is 4.31 Å². The van der Waals surface area contributed by atoms with E-state index in [1.807, 2.05) is 13.0 Å². The monoisotopic (exact) mass is 360 g/mol. The molecule has 0 saturated heterocycles. The Labute approximate surface area is 129 Å². The molecular weight excluding hydrogens is 340 g/mol. The summed E-state index contributed by atoms with van der Waals surface area (Å²) < 4.78 is 27.7. The molecule has 0 heterocycles. The van der Waals surface area contributed by atoms with Gasteiger partial charge in [-0.05, 0) is 36.6 Å². The summed E-state index contributed by atoms with van der Waals surface area (Å²) in [6.07, 6.45) is 2.36. The van der Waals surface area contributed by atoms with E-state index in [0.29, 0.717) is 30.1 Å². The van der Waals surface area contributed by atoms with Crippen molar-refractivity contribution in [2.24, 2.45) is 5.73 Å². The molecule has 1 aromatic carbocycles. The SMILES string of the molecule is C=CCN(CCC)S(=O)(=O)c1cc(CN)cc(Br)c1C. The first-order chi connectivity index (χ1) is 9.38. The van der Waals surface area contributed by atoms with Crippen LogP contribution in [0.15, 0.2) is 34.2 Å². The molecule has 1 aromatic rings. The van der Waals surface area contributed by atoms with Crippen molar-refractivity contribution in [3.05, 3.63) is 40.4 Å². The van der Waals surface area contributed by atoms with Crippen LogP contribution in [0.3, 0.4) is 0 Å². The van der Waals surface area contributed by atoms with Crippen LogP contribution in [0.25, 0.3) is 0 Å². The Bertz CT molecular complexity index is 585. The van der Waals surface area contributed by atoms with Crippen molar-refractivity contribution in [1.82, 2.24) is 4.31 Å². The number of hydrogen-bond acceptors (Lipinski definition) is 3. The topological polar surface area (TPSA) is 63.4 Å². The van der Waals surface area contributed by atoms with Crippen molar-refractivity contribution in [2.45, 2.75) is 31.7 Å². The van der Waals surface area contributed by atoms with Gasteiger partial charge >= 0.3 is 0 Å². The van der Waals surface area contributed by atoms with Crippen molar-refractivity contribution >= 4 is 26.0 Å². The highest BCUT2D eigenvalue weighted by molar-refractivity contribution is 9.10. The normalized spacial score (nSPS) is 11.8. The van der Waals surface area contributed by atoms with E-state index in [9.17, 15) is 8.42 Å². The quantitative estimate of drug-likeness (QED) is 0.760. The minimum Gasteiger partial charge on any atom is -0.326 e. The summed E-state index contributed by atoms with van der Waals surface area (Å²) in [6.45, 7) is 8.44. The van der Waals surface area contributed by atoms with Crippen LogP contribution in [0.4, 0.5) is 0 Å². The average molecular weight is 361 g/mol. The van der Waals surface area contributed by atoms with Crippen LogP contribution in [0.5, 0.6) is 0 Å². The number of nitrogens with two attached hydrogens (primary N) is 1. The number of hydrogen-bond donors (Lipinski definition) is 1. The second-order valence-corrected chi connectivity index (χ2v) is 7.32. The Morgan fingerprint density at radius 2 is 2.10 bits per heavy atom. The third-order valence-electron chi connectivity index (χ3n) is 3.02. The molecule has 0 saturated carbocycles. The number of sulfonamides is 1. The van der Waals surface area contributed by atoms with Crippen molar-refractivity contribution in [1.29, 1.82) is 0 Å². The first-order valence-electron chi connectivity index (χ1n) is 6.48. The molecule has 0 unspecified atom stereocenters. The Morgan fingerprint density at radius 1 is 1.45 bits per heavy atom. The molecule has 4 nitrogen and oxygen atoms in total. The van der Waals surface area contributed by atoms with Gasteiger partial charge in [0.2, 0.25) is 10.0 Å². The number of rotatable bonds is 7. The van der Waals surface area contributed by atoms with Gasteiger partial charge in [0.05, 0.1) is 4.90 Å². The predicted octanol–water partition coefficient (Wildman–Crippen LogP) is 2.80. The fourth-order valence-corrected chi connectivity index (χ4v) is 4.37. The van der Waals surface area contributed by atoms with Gasteiger partial charge in [0.25, 0.3) is 0 Å². The number of halogens is 1. The molecule has 0 amide bonds. The first-order valence-corrected chi connectivity index (χ1v) is 8.71. The van der Waals surface area contributed by atoms with E-state index < -0.39 is 10.0 Å². The highest BCUT2D eigenvalue weighted by atomic mass is 79.9. The van der Waals surface area contributed by atoms with Crippen LogP contribution in [-0.2, 0) is 16.6 Å². The maximum absolute atomic E-state index is 12.8. The van der Waals surface area contributed by atoms with Crippen molar-refractivity contribution < 1.29 is 8.42 Å². The van der Waals surface area contributed by atoms with E-state index in [4.69, 9.17) is 5.73 Å². The van der Waals surface area contributed by atoms with Gasteiger partial charge in [0.15, 0.2) is 0 Å². The lowest BCUT2D eigenvalue weighted by Gasteiger charge is -2.22. The Morgan fingerprint density at radius 3 is 2.60 bits per heavy atom. The van der Waals surface area contributed by atoms with Crippen LogP contribution in [-0.4, -0.2) is 25.8 Å². The molecule has 0 aliphatic rings. The van der Waals surface area contributed by atoms with Gasteiger partial charge in [-0.15, -0.1) is 6.58 Å². The summed E-state index contributed by atoms with van der Waals surface area (Å²) in [6, 6.07) is 3.51. The number of benzene rings is 1. The molecule has 20 heavy (non-hydrogen) atoms. The minimum atomic E-state index is -3.53. The summed E-state index contributed by atoms with van der Waals surface area (Å²) in [4.78, 5) is 0.308. The second kappa shape index (κ2) is 7.36. The molecule has 2 N–H and O–H groups in total. The fraction of sp³-hybridized carbons (Fsp3) is 0.429. The maximum atomic E-state index is 12.8. The van der Waals surface area contributed by atoms with Gasteiger partial charge < -0.3 is 5.73 Å². The second-order valence-electron chi connectivity index (χ2n) is 4.56. The lowest BCUT2D eigenvalue weighted by atomic mass is 10.1. The smallest absolute Gasteiger partial charge is 0.243 e. The van der Waals surface area contributed by atoms with E-state index in [1.165, 1.54) is 4.31 Å². The predicted molar refractivity (Wildman–Crippen MR) is 86.0 cm³/mol. The molecule has 1 rings (SSSR count). The van der Waals surface area contributed by atoms with Gasteiger partial charge in [0.1, 0.15) is 0 Å². The molecule has 0 aromatic heterocycles. The van der Waals surface area contributed by atoms with Gasteiger partial charge in [0, 0.05) is 24.1 Å². The largest absolute Gasteiger partial charge is 0.326 e. The summed E-state index contributed by atoms with van der Waals surface area (Å²) in [5, 5.41) is 0. The molecule has 0 fully saturated rings. The highest BCUT2D eigenvalue weighted by Crippen LogP contribution is 2.28. The van der Waals surface area contributed by atoms with E-state index in [2.05, 4.69) is 22.5 Å². The molecule has 0 atom stereocenters. The van der Waals surface area contributed by atoms with Gasteiger partial charge in [-0.1, -0.05) is 28.9 Å². The van der Waals surface area contributed by atoms with E-state index in [1.54, 1.807) is 19.1 Å². The third-order valence-corrected chi connectivity index (χ3v) is 5.83. The molecule has 0 radical (unpaired) electrons. The van der Waals surface area contributed by atoms with Gasteiger partial charge in [-0.3, -0.25) is 0 Å². The Hall–Kier alpha value is -0.690. The van der Waals surface area contributed by atoms with Crippen molar-refractivity contribution in [2.75, 3.05) is 13.1 Å². The lowest BCUT2D eigenvalue weighted by molar-refractivity contribution is 0.441. The molecule has 6 heteroatoms. The van der Waals surface area contributed by atoms with Crippen LogP contribution >= 0.6 is 15.9 Å². The summed E-state index contributed by atoms with van der Waals surface area (Å²) in [5.41, 5.74) is 7.12. The standard InChI is InChI=1S/C14H21BrN2O2S/c1-4-6-17(7-5-2)20(18,19)14-9-12(10-16)8-13(15)11(14)3/h4,8-9H,1,5-7,10,16H2,2-3H3. The lowest BCUT2D eigenvalue weighted by Crippen LogP contribution is -2.32. The zero-order chi connectivity index (χ0) is 15.3. The Kier molecular flexibility index (Phi) is 6.39. The maximum Gasteiger partial charge on any atom is 0.243 e. The molecule has 112 valence electrons. The minimum absolute atomic E-state index is 0.302. The molecule has 0 aliphatic carbocycles. The molecule has 0 bridgehead atoms. The zero-order valence-corrected chi connectivity index (χ0v) is 14.3. The van der Waals surface area contributed by atoms with Crippen LogP contribution in [0.2, 0.25) is 0 Å². The summed E-state index contributed by atoms with van der Waals surface area (Å²) in [7, 11) is -3.53. The molecular formula is C14H21BrN2O2S. The summed E-state index contributed by atoms with van der Waals surface area (Å²) >= 11 is 3.40. The summed E-state index contributed by atoms with van der Waals surface area (Å²) in [5.74, 6) is 0. The van der Waals surface area contributed by atoms with Gasteiger partial charge in [-0.25, -0.2) is 8.42 Å². The van der Waals surface area contributed by atoms with Crippen LogP contribution < -0.4 is 5.73 Å². The molecule has 0 spiro atoms. The molecule has 0 aliphatic heterocycles. The Balaban J connectivity index is 3.39. The first kappa shape index (κ1) is 17.4. The highest BCUT2D eigenvalue weighted by Gasteiger charge is 2.25. The van der Waals surface area contributed by atoms with Crippen LogP contribution in [0.1, 0.15) is 24.5 Å². The van der Waals surface area contributed by atoms with Crippen molar-refractivity contribution in [3.8, 4) is 0 Å². The van der Waals surface area contributed by atoms with E-state index in [0.717, 1.165) is 16.5 Å². The van der Waals surface area contributed by atoms with Crippen molar-refractivity contribution in [3.63, 3.8) is 0 Å². The fourth-order valence-electron chi connectivity index (χ4n) is 1.93. The zero-order valence-electron chi connectivity index (χ0n) is 11.9. The van der Waals surface area contributed by atoms with E-state index in [-0.39, 0.29) is 0 Å². The average Bonchev–Trinajstić information content (AvgIpc) is 2.41. The number of nitrogens with zero attached hydrogens (tertiary/aromatic N) is 1.